The first kappa shape index (κ1) is 13.6. The molecule has 19 heavy (non-hydrogen) atoms. The van der Waals surface area contributed by atoms with Crippen LogP contribution in [0.15, 0.2) is 11.5 Å². The summed E-state index contributed by atoms with van der Waals surface area (Å²) in [6.45, 7) is 0.806. The van der Waals surface area contributed by atoms with E-state index in [1.54, 1.807) is 6.08 Å². The fourth-order valence-electron chi connectivity index (χ4n) is 3.70. The molecule has 3 aliphatic rings. The molecule has 2 heterocycles. The first-order valence-corrected chi connectivity index (χ1v) is 9.10. The van der Waals surface area contributed by atoms with Crippen molar-refractivity contribution in [2.45, 2.75) is 62.6 Å². The van der Waals surface area contributed by atoms with Gasteiger partial charge in [-0.05, 0) is 25.7 Å². The van der Waals surface area contributed by atoms with Crippen LogP contribution in [0.25, 0.3) is 0 Å². The molecule has 0 aromatic heterocycles. The second-order valence-corrected chi connectivity index (χ2v) is 8.14. The summed E-state index contributed by atoms with van der Waals surface area (Å²) in [6.07, 6.45) is 10.0. The third kappa shape index (κ3) is 3.20. The molecule has 0 amide bonds. The van der Waals surface area contributed by atoms with Crippen molar-refractivity contribution in [1.29, 1.82) is 0 Å². The van der Waals surface area contributed by atoms with E-state index in [0.29, 0.717) is 6.04 Å². The molecule has 2 atom stereocenters. The number of hydrogen-bond donors (Lipinski definition) is 1. The highest BCUT2D eigenvalue weighted by Gasteiger charge is 2.39. The van der Waals surface area contributed by atoms with E-state index in [2.05, 4.69) is 5.32 Å². The summed E-state index contributed by atoms with van der Waals surface area (Å²) in [7, 11) is -2.95. The van der Waals surface area contributed by atoms with E-state index in [1.807, 2.05) is 0 Å². The summed E-state index contributed by atoms with van der Waals surface area (Å²) < 4.78 is 28.9. The highest BCUT2D eigenvalue weighted by atomic mass is 32.2. The van der Waals surface area contributed by atoms with Crippen molar-refractivity contribution < 1.29 is 13.2 Å². The first-order valence-electron chi connectivity index (χ1n) is 7.38. The fraction of sp³-hybridized carbons (Fsp3) is 0.857. The lowest BCUT2D eigenvalue weighted by Crippen LogP contribution is -2.50. The van der Waals surface area contributed by atoms with Crippen LogP contribution in [0.2, 0.25) is 0 Å². The minimum atomic E-state index is -2.95. The van der Waals surface area contributed by atoms with Crippen molar-refractivity contribution in [2.24, 2.45) is 0 Å². The molecule has 1 spiro atoms. The Morgan fingerprint density at radius 2 is 2.00 bits per heavy atom. The van der Waals surface area contributed by atoms with E-state index < -0.39 is 9.84 Å². The van der Waals surface area contributed by atoms with Crippen molar-refractivity contribution in [2.75, 3.05) is 12.4 Å². The average molecular weight is 285 g/mol. The van der Waals surface area contributed by atoms with Gasteiger partial charge in [-0.1, -0.05) is 25.3 Å². The Morgan fingerprint density at radius 3 is 2.68 bits per heavy atom. The molecular formula is C14H23NO3S. The summed E-state index contributed by atoms with van der Waals surface area (Å²) in [6, 6.07) is 0.392. The Kier molecular flexibility index (Phi) is 3.71. The number of nitrogens with one attached hydrogen (secondary N) is 1. The van der Waals surface area contributed by atoms with Gasteiger partial charge in [-0.3, -0.25) is 0 Å². The highest BCUT2D eigenvalue weighted by molar-refractivity contribution is 7.94. The van der Waals surface area contributed by atoms with Crippen molar-refractivity contribution in [3.8, 4) is 0 Å². The lowest BCUT2D eigenvalue weighted by molar-refractivity contribution is -0.109. The van der Waals surface area contributed by atoms with Crippen LogP contribution in [0.5, 0.6) is 0 Å². The summed E-state index contributed by atoms with van der Waals surface area (Å²) in [4.78, 5) is 0. The Bertz CT molecular complexity index is 446. The predicted octanol–water partition coefficient (Wildman–Crippen LogP) is 1.77. The standard InChI is InChI=1S/C14H23NO3S/c16-19(17)9-5-13(11-19)15-12-4-8-18-14(10-12)6-2-1-3-7-14/h5,9,12-13,15H,1-4,6-8,10-11H2. The Labute approximate surface area is 115 Å². The zero-order valence-electron chi connectivity index (χ0n) is 11.3. The molecule has 5 heteroatoms. The van der Waals surface area contributed by atoms with Crippen molar-refractivity contribution >= 4 is 9.84 Å². The molecule has 1 saturated carbocycles. The number of sulfone groups is 1. The maximum absolute atomic E-state index is 11.4. The molecule has 1 N–H and O–H groups in total. The molecule has 1 saturated heterocycles. The van der Waals surface area contributed by atoms with E-state index in [-0.39, 0.29) is 17.4 Å². The maximum Gasteiger partial charge on any atom is 0.173 e. The number of hydrogen-bond acceptors (Lipinski definition) is 4. The quantitative estimate of drug-likeness (QED) is 0.840. The molecular weight excluding hydrogens is 262 g/mol. The summed E-state index contributed by atoms with van der Waals surface area (Å²) in [5.74, 6) is 0.220. The topological polar surface area (TPSA) is 55.4 Å². The van der Waals surface area contributed by atoms with Gasteiger partial charge in [-0.2, -0.15) is 0 Å². The molecule has 4 nitrogen and oxygen atoms in total. The second-order valence-electron chi connectivity index (χ2n) is 6.21. The maximum atomic E-state index is 11.4. The second kappa shape index (κ2) is 5.19. The molecule has 2 fully saturated rings. The molecule has 0 radical (unpaired) electrons. The van der Waals surface area contributed by atoms with Gasteiger partial charge in [0.1, 0.15) is 0 Å². The van der Waals surface area contributed by atoms with Gasteiger partial charge in [0.25, 0.3) is 0 Å². The van der Waals surface area contributed by atoms with Gasteiger partial charge in [0, 0.05) is 24.1 Å². The van der Waals surface area contributed by atoms with E-state index >= 15 is 0 Å². The summed E-state index contributed by atoms with van der Waals surface area (Å²) in [5.41, 5.74) is 0.0787. The smallest absolute Gasteiger partial charge is 0.173 e. The number of ether oxygens (including phenoxy) is 1. The van der Waals surface area contributed by atoms with Crippen molar-refractivity contribution in [3.63, 3.8) is 0 Å². The fourth-order valence-corrected chi connectivity index (χ4v) is 4.95. The third-order valence-corrected chi connectivity index (χ3v) is 6.03. The molecule has 0 bridgehead atoms. The van der Waals surface area contributed by atoms with E-state index in [4.69, 9.17) is 4.74 Å². The van der Waals surface area contributed by atoms with Crippen LogP contribution in [0.3, 0.4) is 0 Å². The largest absolute Gasteiger partial charge is 0.375 e. The van der Waals surface area contributed by atoms with Crippen LogP contribution in [0.1, 0.15) is 44.9 Å². The average Bonchev–Trinajstić information content (AvgIpc) is 2.70. The zero-order chi connectivity index (χ0) is 13.3. The Hall–Kier alpha value is -0.390. The normalized spacial score (nSPS) is 36.6. The van der Waals surface area contributed by atoms with Crippen molar-refractivity contribution in [3.05, 3.63) is 11.5 Å². The van der Waals surface area contributed by atoms with Crippen LogP contribution >= 0.6 is 0 Å². The van der Waals surface area contributed by atoms with Crippen LogP contribution < -0.4 is 5.32 Å². The van der Waals surface area contributed by atoms with Gasteiger partial charge >= 0.3 is 0 Å². The van der Waals surface area contributed by atoms with Gasteiger partial charge < -0.3 is 10.1 Å². The molecule has 0 aromatic rings. The third-order valence-electron chi connectivity index (χ3n) is 4.64. The predicted molar refractivity (Wildman–Crippen MR) is 74.6 cm³/mol. The molecule has 3 rings (SSSR count). The zero-order valence-corrected chi connectivity index (χ0v) is 12.1. The minimum Gasteiger partial charge on any atom is -0.375 e. The molecule has 0 aromatic carbocycles. The van der Waals surface area contributed by atoms with E-state index in [1.165, 1.54) is 37.5 Å². The summed E-state index contributed by atoms with van der Waals surface area (Å²) in [5, 5.41) is 4.85. The van der Waals surface area contributed by atoms with Crippen LogP contribution in [0.4, 0.5) is 0 Å². The van der Waals surface area contributed by atoms with Crippen LogP contribution in [-0.4, -0.2) is 38.5 Å². The van der Waals surface area contributed by atoms with E-state index in [9.17, 15) is 8.42 Å². The van der Waals surface area contributed by atoms with Gasteiger partial charge in [0.15, 0.2) is 9.84 Å². The lowest BCUT2D eigenvalue weighted by Gasteiger charge is -2.44. The van der Waals surface area contributed by atoms with Gasteiger partial charge in [0.05, 0.1) is 11.4 Å². The van der Waals surface area contributed by atoms with Gasteiger partial charge in [0.2, 0.25) is 0 Å². The molecule has 2 unspecified atom stereocenters. The van der Waals surface area contributed by atoms with Gasteiger partial charge in [-0.25, -0.2) is 8.42 Å². The lowest BCUT2D eigenvalue weighted by atomic mass is 9.78. The molecule has 2 aliphatic heterocycles. The molecule has 108 valence electrons. The Morgan fingerprint density at radius 1 is 1.21 bits per heavy atom. The first-order chi connectivity index (χ1) is 9.07. The SMILES string of the molecule is O=S1(=O)C=CC(NC2CCOC3(CCCCC3)C2)C1. The molecule has 1 aliphatic carbocycles. The number of rotatable bonds is 2. The van der Waals surface area contributed by atoms with Crippen molar-refractivity contribution in [1.82, 2.24) is 5.32 Å². The minimum absolute atomic E-state index is 0.00580. The Balaban J connectivity index is 1.58. The highest BCUT2D eigenvalue weighted by Crippen LogP contribution is 2.38. The van der Waals surface area contributed by atoms with E-state index in [0.717, 1.165) is 19.4 Å². The van der Waals surface area contributed by atoms with Gasteiger partial charge in [-0.15, -0.1) is 0 Å². The van der Waals surface area contributed by atoms with Crippen LogP contribution in [-0.2, 0) is 14.6 Å². The monoisotopic (exact) mass is 285 g/mol. The van der Waals surface area contributed by atoms with Crippen LogP contribution in [0, 0.1) is 0 Å². The summed E-state index contributed by atoms with van der Waals surface area (Å²) >= 11 is 0.